The largest absolute Gasteiger partial charge is 0.444 e. The maximum Gasteiger partial charge on any atom is 0.410 e. The van der Waals surface area contributed by atoms with E-state index in [0.29, 0.717) is 18.3 Å². The molecule has 1 aromatic carbocycles. The maximum absolute atomic E-state index is 12.9. The lowest BCUT2D eigenvalue weighted by Gasteiger charge is -2.30. The molecule has 2 aromatic rings. The van der Waals surface area contributed by atoms with Gasteiger partial charge in [-0.15, -0.1) is 10.2 Å². The van der Waals surface area contributed by atoms with E-state index in [1.165, 1.54) is 5.56 Å². The van der Waals surface area contributed by atoms with E-state index in [0.717, 1.165) is 19.3 Å². The first kappa shape index (κ1) is 17.0. The number of benzene rings is 1. The van der Waals surface area contributed by atoms with Crippen molar-refractivity contribution >= 4 is 6.09 Å². The fraction of sp³-hybridized carbons (Fsp3) is 0.579. The van der Waals surface area contributed by atoms with Crippen molar-refractivity contribution < 1.29 is 9.53 Å². The number of carbonyl (C=O) groups is 1. The molecule has 4 rings (SSSR count). The van der Waals surface area contributed by atoms with Gasteiger partial charge in [0.25, 0.3) is 0 Å². The van der Waals surface area contributed by atoms with Crippen LogP contribution in [0.3, 0.4) is 0 Å². The molecule has 0 unspecified atom stereocenters. The average molecular weight is 355 g/mol. The summed E-state index contributed by atoms with van der Waals surface area (Å²) in [6, 6.07) is 10.5. The molecule has 0 spiro atoms. The zero-order valence-electron chi connectivity index (χ0n) is 15.5. The lowest BCUT2D eigenvalue weighted by atomic mass is 10.1. The highest BCUT2D eigenvalue weighted by Crippen LogP contribution is 2.51. The summed E-state index contributed by atoms with van der Waals surface area (Å²) in [6.45, 7) is 6.28. The fourth-order valence-electron chi connectivity index (χ4n) is 3.54. The first-order valence-electron chi connectivity index (χ1n) is 9.16. The van der Waals surface area contributed by atoms with Crippen LogP contribution in [0.4, 0.5) is 4.79 Å². The molecule has 7 nitrogen and oxygen atoms in total. The van der Waals surface area contributed by atoms with E-state index in [1.54, 1.807) is 0 Å². The SMILES string of the molecule is CC(C)(C)OC(=O)N(CC1(c2nn[nH]n2)CC1)[C@H]1C[C@@H]1c1ccccc1. The van der Waals surface area contributed by atoms with Crippen molar-refractivity contribution in [2.24, 2.45) is 0 Å². The number of hydrogen-bond acceptors (Lipinski definition) is 5. The minimum absolute atomic E-state index is 0.164. The molecule has 138 valence electrons. The van der Waals surface area contributed by atoms with Gasteiger partial charge in [-0.2, -0.15) is 5.21 Å². The molecule has 0 bridgehead atoms. The van der Waals surface area contributed by atoms with Crippen LogP contribution in [0.2, 0.25) is 0 Å². The first-order valence-corrected chi connectivity index (χ1v) is 9.16. The summed E-state index contributed by atoms with van der Waals surface area (Å²) in [6.07, 6.45) is 2.64. The summed E-state index contributed by atoms with van der Waals surface area (Å²) in [5.41, 5.74) is 0.568. The number of nitrogens with one attached hydrogen (secondary N) is 1. The van der Waals surface area contributed by atoms with E-state index in [1.807, 2.05) is 43.9 Å². The number of tetrazole rings is 1. The van der Waals surface area contributed by atoms with Crippen LogP contribution in [0.25, 0.3) is 0 Å². The van der Waals surface area contributed by atoms with Crippen molar-refractivity contribution in [2.75, 3.05) is 6.54 Å². The Morgan fingerprint density at radius 1 is 1.31 bits per heavy atom. The predicted octanol–water partition coefficient (Wildman–Crippen LogP) is 3.02. The lowest BCUT2D eigenvalue weighted by Crippen LogP contribution is -2.43. The Hall–Kier alpha value is -2.44. The molecule has 26 heavy (non-hydrogen) atoms. The Kier molecular flexibility index (Phi) is 3.97. The van der Waals surface area contributed by atoms with Crippen LogP contribution >= 0.6 is 0 Å². The molecule has 2 atom stereocenters. The molecule has 2 aliphatic carbocycles. The van der Waals surface area contributed by atoms with Gasteiger partial charge < -0.3 is 9.64 Å². The smallest absolute Gasteiger partial charge is 0.410 e. The van der Waals surface area contributed by atoms with Crippen molar-refractivity contribution in [3.8, 4) is 0 Å². The van der Waals surface area contributed by atoms with Gasteiger partial charge in [-0.25, -0.2) is 4.79 Å². The predicted molar refractivity (Wildman–Crippen MR) is 95.6 cm³/mol. The molecule has 1 N–H and O–H groups in total. The second-order valence-electron chi connectivity index (χ2n) is 8.44. The zero-order valence-corrected chi connectivity index (χ0v) is 15.5. The van der Waals surface area contributed by atoms with Crippen molar-refractivity contribution in [3.63, 3.8) is 0 Å². The maximum atomic E-state index is 12.9. The van der Waals surface area contributed by atoms with Crippen LogP contribution in [-0.4, -0.2) is 49.8 Å². The number of rotatable bonds is 5. The van der Waals surface area contributed by atoms with E-state index in [2.05, 4.69) is 32.8 Å². The van der Waals surface area contributed by atoms with E-state index < -0.39 is 5.60 Å². The van der Waals surface area contributed by atoms with E-state index in [-0.39, 0.29) is 17.6 Å². The van der Waals surface area contributed by atoms with Gasteiger partial charge in [0.05, 0.1) is 5.41 Å². The monoisotopic (exact) mass is 355 g/mol. The molecular formula is C19H25N5O2. The number of aromatic amines is 1. The minimum Gasteiger partial charge on any atom is -0.444 e. The van der Waals surface area contributed by atoms with Crippen LogP contribution in [-0.2, 0) is 10.2 Å². The molecule has 1 aromatic heterocycles. The van der Waals surface area contributed by atoms with Gasteiger partial charge in [0.1, 0.15) is 5.60 Å². The second-order valence-corrected chi connectivity index (χ2v) is 8.44. The summed E-state index contributed by atoms with van der Waals surface area (Å²) in [4.78, 5) is 14.8. The normalized spacial score (nSPS) is 23.3. The molecule has 2 aliphatic rings. The Morgan fingerprint density at radius 2 is 2.04 bits per heavy atom. The topological polar surface area (TPSA) is 84.0 Å². The van der Waals surface area contributed by atoms with Gasteiger partial charge >= 0.3 is 6.09 Å². The van der Waals surface area contributed by atoms with Gasteiger partial charge in [-0.05, 0) is 45.6 Å². The van der Waals surface area contributed by atoms with Crippen LogP contribution in [0.5, 0.6) is 0 Å². The standard InChI is InChI=1S/C19H25N5O2/c1-18(2,3)26-17(25)24(12-19(9-10-19)16-20-22-23-21-16)15-11-14(15)13-7-5-4-6-8-13/h4-8,14-15H,9-12H2,1-3H3,(H,20,21,22,23)/t14-,15+/m1/s1. The average Bonchev–Trinajstić information content (AvgIpc) is 3.49. The summed E-state index contributed by atoms with van der Waals surface area (Å²) >= 11 is 0. The highest BCUT2D eigenvalue weighted by Gasteiger charge is 2.54. The van der Waals surface area contributed by atoms with E-state index >= 15 is 0 Å². The highest BCUT2D eigenvalue weighted by molar-refractivity contribution is 5.70. The Labute approximate surface area is 153 Å². The molecule has 0 radical (unpaired) electrons. The number of nitrogens with zero attached hydrogens (tertiary/aromatic N) is 4. The fourth-order valence-corrected chi connectivity index (χ4v) is 3.54. The van der Waals surface area contributed by atoms with E-state index in [4.69, 9.17) is 4.74 Å². The second kappa shape index (κ2) is 6.07. The van der Waals surface area contributed by atoms with E-state index in [9.17, 15) is 4.79 Å². The van der Waals surface area contributed by atoms with Crippen LogP contribution < -0.4 is 0 Å². The molecular weight excluding hydrogens is 330 g/mol. The number of aromatic nitrogens is 4. The van der Waals surface area contributed by atoms with Crippen molar-refractivity contribution in [2.45, 2.75) is 63.0 Å². The summed E-state index contributed by atoms with van der Waals surface area (Å²) in [7, 11) is 0. The minimum atomic E-state index is -0.519. The van der Waals surface area contributed by atoms with Crippen molar-refractivity contribution in [3.05, 3.63) is 41.7 Å². The Bertz CT molecular complexity index is 765. The number of amides is 1. The Balaban J connectivity index is 1.54. The molecule has 0 saturated heterocycles. The lowest BCUT2D eigenvalue weighted by molar-refractivity contribution is 0.0209. The number of H-pyrrole nitrogens is 1. The van der Waals surface area contributed by atoms with Crippen LogP contribution in [0, 0.1) is 0 Å². The number of ether oxygens (including phenoxy) is 1. The van der Waals surface area contributed by atoms with Gasteiger partial charge in [-0.1, -0.05) is 35.5 Å². The van der Waals surface area contributed by atoms with Crippen LogP contribution in [0.1, 0.15) is 57.3 Å². The third-order valence-electron chi connectivity index (χ3n) is 5.16. The molecule has 1 heterocycles. The number of carbonyl (C=O) groups excluding carboxylic acids is 1. The summed E-state index contributed by atoms with van der Waals surface area (Å²) in [5.74, 6) is 1.06. The van der Waals surface area contributed by atoms with Crippen molar-refractivity contribution in [1.82, 2.24) is 25.5 Å². The quantitative estimate of drug-likeness (QED) is 0.891. The van der Waals surface area contributed by atoms with Gasteiger partial charge in [0.2, 0.25) is 0 Å². The van der Waals surface area contributed by atoms with Crippen LogP contribution in [0.15, 0.2) is 30.3 Å². The molecule has 2 saturated carbocycles. The first-order chi connectivity index (χ1) is 12.4. The third kappa shape index (κ3) is 3.43. The third-order valence-corrected chi connectivity index (χ3v) is 5.16. The summed E-state index contributed by atoms with van der Waals surface area (Å²) in [5, 5.41) is 14.6. The molecule has 1 amide bonds. The zero-order chi connectivity index (χ0) is 18.4. The van der Waals surface area contributed by atoms with Gasteiger partial charge in [0.15, 0.2) is 5.82 Å². The van der Waals surface area contributed by atoms with Gasteiger partial charge in [-0.3, -0.25) is 0 Å². The summed E-state index contributed by atoms with van der Waals surface area (Å²) < 4.78 is 5.70. The van der Waals surface area contributed by atoms with Gasteiger partial charge in [0, 0.05) is 18.5 Å². The Morgan fingerprint density at radius 3 is 2.62 bits per heavy atom. The van der Waals surface area contributed by atoms with Crippen molar-refractivity contribution in [1.29, 1.82) is 0 Å². The molecule has 0 aliphatic heterocycles. The molecule has 2 fully saturated rings. The number of hydrogen-bond donors (Lipinski definition) is 1. The highest BCUT2D eigenvalue weighted by atomic mass is 16.6. The molecule has 7 heteroatoms.